The van der Waals surface area contributed by atoms with Crippen LogP contribution in [0, 0.1) is 0 Å². The first-order valence-electron chi connectivity index (χ1n) is 16.2. The lowest BCUT2D eigenvalue weighted by atomic mass is 10.0. The summed E-state index contributed by atoms with van der Waals surface area (Å²) in [5.74, 6) is 2.21. The van der Waals surface area contributed by atoms with E-state index in [1.54, 1.807) is 68.1 Å². The maximum atomic E-state index is 12.1. The Morgan fingerprint density at radius 1 is 0.854 bits per heavy atom. The first-order chi connectivity index (χ1) is 23.0. The van der Waals surface area contributed by atoms with Crippen molar-refractivity contribution >= 4 is 18.0 Å². The van der Waals surface area contributed by atoms with Crippen LogP contribution in [0.25, 0.3) is 0 Å². The van der Waals surface area contributed by atoms with E-state index < -0.39 is 5.60 Å². The van der Waals surface area contributed by atoms with Crippen molar-refractivity contribution in [2.75, 3.05) is 27.4 Å². The van der Waals surface area contributed by atoms with Gasteiger partial charge in [0.2, 0.25) is 0 Å². The van der Waals surface area contributed by atoms with Gasteiger partial charge in [-0.2, -0.15) is 0 Å². The lowest BCUT2D eigenvalue weighted by Gasteiger charge is -2.32. The molecule has 11 heteroatoms. The van der Waals surface area contributed by atoms with E-state index in [2.05, 4.69) is 4.98 Å². The van der Waals surface area contributed by atoms with Crippen LogP contribution in [0.5, 0.6) is 11.5 Å². The quantitative estimate of drug-likeness (QED) is 0.317. The molecule has 0 radical (unpaired) electrons. The summed E-state index contributed by atoms with van der Waals surface area (Å²) in [6.07, 6.45) is 15.4. The number of para-hydroxylation sites is 1. The van der Waals surface area contributed by atoms with Gasteiger partial charge in [0.15, 0.2) is 5.78 Å². The predicted octanol–water partition coefficient (Wildman–Crippen LogP) is 7.70. The third-order valence-electron chi connectivity index (χ3n) is 6.97. The zero-order valence-electron chi connectivity index (χ0n) is 29.3. The highest BCUT2D eigenvalue weighted by atomic mass is 16.6. The molecular formula is C37H51N3O8. The fourth-order valence-electron chi connectivity index (χ4n) is 4.41. The molecular weight excluding hydrogens is 614 g/mol. The molecule has 1 fully saturated rings. The van der Waals surface area contributed by atoms with Crippen molar-refractivity contribution < 1.29 is 38.1 Å². The number of carbonyl (C=O) groups is 3. The van der Waals surface area contributed by atoms with Crippen molar-refractivity contribution in [3.05, 3.63) is 91.2 Å². The molecule has 11 nitrogen and oxygen atoms in total. The number of hydrogen-bond acceptors (Lipinski definition) is 9. The minimum Gasteiger partial charge on any atom is -0.497 e. The highest BCUT2D eigenvalue weighted by molar-refractivity contribution is 5.92. The molecule has 2 atom stereocenters. The molecule has 48 heavy (non-hydrogen) atoms. The second-order valence-corrected chi connectivity index (χ2v) is 11.8. The second-order valence-electron chi connectivity index (χ2n) is 11.8. The SMILES string of the molecule is C1CCOC1.CCC1C=C(OC)C=CN1C(=O)Oc1ccccc1.CCC1CC(=O)C=CN1C(=O)OC(C)(C)C.COc1ccncc1. The Labute approximate surface area is 285 Å². The molecule has 1 aromatic carbocycles. The average molecular weight is 666 g/mol. The molecule has 2 amide bonds. The molecule has 0 N–H and O–H groups in total. The molecule has 2 unspecified atom stereocenters. The highest BCUT2D eigenvalue weighted by Crippen LogP contribution is 2.21. The summed E-state index contributed by atoms with van der Waals surface area (Å²) in [6, 6.07) is 12.5. The summed E-state index contributed by atoms with van der Waals surface area (Å²) < 4.78 is 25.6. The van der Waals surface area contributed by atoms with Crippen LogP contribution in [-0.2, 0) is 19.0 Å². The molecule has 0 saturated carbocycles. The van der Waals surface area contributed by atoms with Gasteiger partial charge in [-0.3, -0.25) is 19.6 Å². The molecule has 1 aromatic heterocycles. The van der Waals surface area contributed by atoms with Crippen molar-refractivity contribution in [1.82, 2.24) is 14.8 Å². The lowest BCUT2D eigenvalue weighted by molar-refractivity contribution is -0.116. The Hall–Kier alpha value is -4.64. The van der Waals surface area contributed by atoms with Crippen LogP contribution in [0.3, 0.4) is 0 Å². The molecule has 3 aliphatic heterocycles. The zero-order chi connectivity index (χ0) is 35.4. The van der Waals surface area contributed by atoms with Crippen molar-refractivity contribution in [2.45, 2.75) is 84.4 Å². The molecule has 1 saturated heterocycles. The van der Waals surface area contributed by atoms with E-state index in [9.17, 15) is 14.4 Å². The molecule has 4 heterocycles. The number of hydrogen-bond donors (Lipinski definition) is 0. The molecule has 5 rings (SSSR count). The largest absolute Gasteiger partial charge is 0.497 e. The van der Waals surface area contributed by atoms with Gasteiger partial charge in [0.25, 0.3) is 0 Å². The standard InChI is InChI=1S/C15H17NO3.C12H19NO3.C6H7NO.C4H8O/c1-3-12-11-14(18-2)9-10-16(12)15(17)19-13-7-5-4-6-8-13;1-5-9-8-10(14)6-7-13(9)11(15)16-12(2,3)4;1-8-6-2-4-7-5-3-6;1-2-4-5-3-1/h4-12H,3H2,1-2H3;6-7,9H,5,8H2,1-4H3;2-5H,1H3;1-4H2. The maximum Gasteiger partial charge on any atom is 0.419 e. The number of ketones is 1. The van der Waals surface area contributed by atoms with Crippen LogP contribution in [0.4, 0.5) is 9.59 Å². The first-order valence-corrected chi connectivity index (χ1v) is 16.2. The number of ether oxygens (including phenoxy) is 5. The van der Waals surface area contributed by atoms with Gasteiger partial charge >= 0.3 is 12.2 Å². The third-order valence-corrected chi connectivity index (χ3v) is 6.97. The number of allylic oxidation sites excluding steroid dienone is 2. The zero-order valence-corrected chi connectivity index (χ0v) is 29.3. The topological polar surface area (TPSA) is 117 Å². The van der Waals surface area contributed by atoms with E-state index in [0.29, 0.717) is 12.2 Å². The van der Waals surface area contributed by atoms with Gasteiger partial charge in [0.1, 0.15) is 22.9 Å². The number of carbonyl (C=O) groups excluding carboxylic acids is 3. The van der Waals surface area contributed by atoms with E-state index >= 15 is 0 Å². The number of methoxy groups -OCH3 is 2. The molecule has 0 spiro atoms. The lowest BCUT2D eigenvalue weighted by Crippen LogP contribution is -2.42. The molecule has 262 valence electrons. The Morgan fingerprint density at radius 2 is 1.50 bits per heavy atom. The fourth-order valence-corrected chi connectivity index (χ4v) is 4.41. The van der Waals surface area contributed by atoms with Crippen molar-refractivity contribution in [3.8, 4) is 11.5 Å². The Bertz CT molecular complexity index is 1330. The molecule has 3 aliphatic rings. The number of amides is 2. The third kappa shape index (κ3) is 14.8. The van der Waals surface area contributed by atoms with Gasteiger partial charge < -0.3 is 23.7 Å². The summed E-state index contributed by atoms with van der Waals surface area (Å²) in [6.45, 7) is 11.4. The summed E-state index contributed by atoms with van der Waals surface area (Å²) in [4.78, 5) is 42.1. The van der Waals surface area contributed by atoms with E-state index in [4.69, 9.17) is 23.7 Å². The van der Waals surface area contributed by atoms with Gasteiger partial charge in [-0.05, 0) is 88.9 Å². The Kier molecular flexibility index (Phi) is 17.5. The van der Waals surface area contributed by atoms with Crippen LogP contribution in [-0.4, -0.2) is 77.9 Å². The number of aromatic nitrogens is 1. The van der Waals surface area contributed by atoms with Gasteiger partial charge in [-0.25, -0.2) is 9.59 Å². The summed E-state index contributed by atoms with van der Waals surface area (Å²) in [5.41, 5.74) is -0.509. The monoisotopic (exact) mass is 665 g/mol. The maximum absolute atomic E-state index is 12.1. The van der Waals surface area contributed by atoms with Crippen LogP contribution < -0.4 is 9.47 Å². The van der Waals surface area contributed by atoms with Crippen molar-refractivity contribution in [3.63, 3.8) is 0 Å². The Balaban J connectivity index is 0.000000246. The summed E-state index contributed by atoms with van der Waals surface area (Å²) >= 11 is 0. The van der Waals surface area contributed by atoms with E-state index in [1.165, 1.54) is 30.0 Å². The minimum atomic E-state index is -0.509. The molecule has 2 aromatic rings. The van der Waals surface area contributed by atoms with Crippen LogP contribution >= 0.6 is 0 Å². The summed E-state index contributed by atoms with van der Waals surface area (Å²) in [7, 11) is 3.25. The fraction of sp³-hybridized carbons (Fsp3) is 0.459. The molecule has 0 bridgehead atoms. The summed E-state index contributed by atoms with van der Waals surface area (Å²) in [5, 5.41) is 0. The normalized spacial score (nSPS) is 18.1. The van der Waals surface area contributed by atoms with Gasteiger partial charge in [-0.1, -0.05) is 32.0 Å². The van der Waals surface area contributed by atoms with Crippen LogP contribution in [0.1, 0.15) is 66.7 Å². The van der Waals surface area contributed by atoms with Crippen LogP contribution in [0.2, 0.25) is 0 Å². The van der Waals surface area contributed by atoms with E-state index in [1.807, 2.05) is 58.9 Å². The van der Waals surface area contributed by atoms with Crippen LogP contribution in [0.15, 0.2) is 91.2 Å². The van der Waals surface area contributed by atoms with Gasteiger partial charge in [0, 0.05) is 50.5 Å². The van der Waals surface area contributed by atoms with Gasteiger partial charge in [-0.15, -0.1) is 0 Å². The smallest absolute Gasteiger partial charge is 0.419 e. The number of benzene rings is 1. The molecule has 0 aliphatic carbocycles. The van der Waals surface area contributed by atoms with E-state index in [-0.39, 0.29) is 30.1 Å². The second kappa shape index (κ2) is 21.3. The van der Waals surface area contributed by atoms with Gasteiger partial charge in [0.05, 0.1) is 20.3 Å². The Morgan fingerprint density at radius 3 is 2.00 bits per heavy atom. The van der Waals surface area contributed by atoms with Crippen molar-refractivity contribution in [1.29, 1.82) is 0 Å². The first kappa shape index (κ1) is 39.5. The predicted molar refractivity (Wildman–Crippen MR) is 184 cm³/mol. The number of pyridine rings is 1. The average Bonchev–Trinajstić information content (AvgIpc) is 3.69. The number of nitrogens with zero attached hydrogens (tertiary/aromatic N) is 3. The minimum absolute atomic E-state index is 0.0452. The van der Waals surface area contributed by atoms with E-state index in [0.717, 1.165) is 37.6 Å². The highest BCUT2D eigenvalue weighted by Gasteiger charge is 2.29. The van der Waals surface area contributed by atoms with Crippen molar-refractivity contribution in [2.24, 2.45) is 0 Å². The number of rotatable bonds is 5.